The van der Waals surface area contributed by atoms with Gasteiger partial charge < -0.3 is 24.4 Å². The Morgan fingerprint density at radius 2 is 1.79 bits per heavy atom. The number of aliphatic hydroxyl groups excluding tert-OH is 1. The van der Waals surface area contributed by atoms with Crippen LogP contribution in [0.5, 0.6) is 0 Å². The van der Waals surface area contributed by atoms with Crippen molar-refractivity contribution in [3.05, 3.63) is 23.3 Å². The number of hydrogen-bond donors (Lipinski definition) is 2. The maximum absolute atomic E-state index is 14.2. The lowest BCUT2D eigenvalue weighted by atomic mass is 9.56. The van der Waals surface area contributed by atoms with Gasteiger partial charge in [-0.3, -0.25) is 19.2 Å². The maximum Gasteiger partial charge on any atom is 0.312 e. The molecule has 9 nitrogen and oxygen atoms in total. The van der Waals surface area contributed by atoms with E-state index in [1.165, 1.54) is 20.8 Å². The topological polar surface area (TPSA) is 136 Å². The van der Waals surface area contributed by atoms with Crippen LogP contribution in [0.25, 0.3) is 0 Å². The minimum Gasteiger partial charge on any atom is -0.462 e. The predicted octanol–water partition coefficient (Wildman–Crippen LogP) is 1.40. The second kappa shape index (κ2) is 9.02. The first-order valence-electron chi connectivity index (χ1n) is 11.2. The Kier molecular flexibility index (Phi) is 6.87. The van der Waals surface area contributed by atoms with E-state index in [1.807, 2.05) is 0 Å². The smallest absolute Gasteiger partial charge is 0.312 e. The molecule has 1 fully saturated rings. The van der Waals surface area contributed by atoms with Crippen LogP contribution in [0, 0.1) is 17.3 Å². The summed E-state index contributed by atoms with van der Waals surface area (Å²) < 4.78 is 16.7. The summed E-state index contributed by atoms with van der Waals surface area (Å²) in [5, 5.41) is 21.8. The lowest BCUT2D eigenvalue weighted by Gasteiger charge is -2.51. The molecule has 0 radical (unpaired) electrons. The minimum atomic E-state index is -2.21. The van der Waals surface area contributed by atoms with Crippen LogP contribution in [-0.4, -0.2) is 64.4 Å². The summed E-state index contributed by atoms with van der Waals surface area (Å²) in [5.41, 5.74) is -2.48. The number of ether oxygens (including phenoxy) is 3. The third-order valence-corrected chi connectivity index (χ3v) is 7.36. The van der Waals surface area contributed by atoms with Gasteiger partial charge in [-0.15, -0.1) is 0 Å². The van der Waals surface area contributed by atoms with Gasteiger partial charge in [0.05, 0.1) is 23.9 Å². The normalized spacial score (nSPS) is 40.4. The van der Waals surface area contributed by atoms with Crippen LogP contribution in [0.15, 0.2) is 23.3 Å². The maximum atomic E-state index is 14.2. The molecular weight excluding hydrogens is 432 g/mol. The van der Waals surface area contributed by atoms with Crippen LogP contribution in [0.2, 0.25) is 0 Å². The lowest BCUT2D eigenvalue weighted by molar-refractivity contribution is -0.187. The van der Waals surface area contributed by atoms with Crippen LogP contribution in [0.1, 0.15) is 53.9 Å². The van der Waals surface area contributed by atoms with E-state index in [2.05, 4.69) is 0 Å². The highest BCUT2D eigenvalue weighted by Crippen LogP contribution is 2.52. The number of esters is 3. The fourth-order valence-corrected chi connectivity index (χ4v) is 5.48. The highest BCUT2D eigenvalue weighted by atomic mass is 16.6. The molecule has 2 aliphatic carbocycles. The van der Waals surface area contributed by atoms with Crippen LogP contribution in [0.4, 0.5) is 0 Å². The summed E-state index contributed by atoms with van der Waals surface area (Å²) in [6.45, 7) is 6.87. The number of aliphatic hydroxyl groups is 2. The fraction of sp³-hybridized carbons (Fsp3) is 0.667. The molecule has 0 aromatic carbocycles. The average Bonchev–Trinajstić information content (AvgIpc) is 2.95. The summed E-state index contributed by atoms with van der Waals surface area (Å²) in [4.78, 5) is 50.6. The van der Waals surface area contributed by atoms with E-state index in [4.69, 9.17) is 14.2 Å². The van der Waals surface area contributed by atoms with Crippen molar-refractivity contribution in [3.63, 3.8) is 0 Å². The quantitative estimate of drug-likeness (QED) is 0.361. The Morgan fingerprint density at radius 3 is 2.36 bits per heavy atom. The van der Waals surface area contributed by atoms with E-state index < -0.39 is 71.5 Å². The molecule has 7 atom stereocenters. The lowest BCUT2D eigenvalue weighted by Crippen LogP contribution is -2.62. The van der Waals surface area contributed by atoms with Crippen LogP contribution in [-0.2, 0) is 33.4 Å². The molecule has 0 spiro atoms. The zero-order valence-corrected chi connectivity index (χ0v) is 19.6. The van der Waals surface area contributed by atoms with Crippen molar-refractivity contribution in [3.8, 4) is 0 Å². The van der Waals surface area contributed by atoms with Crippen LogP contribution >= 0.6 is 0 Å². The van der Waals surface area contributed by atoms with Crippen molar-refractivity contribution in [2.45, 2.75) is 77.8 Å². The van der Waals surface area contributed by atoms with E-state index >= 15 is 0 Å². The number of carbonyl (C=O) groups is 4. The van der Waals surface area contributed by atoms with Gasteiger partial charge >= 0.3 is 17.9 Å². The van der Waals surface area contributed by atoms with Crippen molar-refractivity contribution in [2.75, 3.05) is 6.61 Å². The minimum absolute atomic E-state index is 0.190. The van der Waals surface area contributed by atoms with Gasteiger partial charge in [0.15, 0.2) is 17.5 Å². The number of ketones is 1. The van der Waals surface area contributed by atoms with E-state index in [-0.39, 0.29) is 6.42 Å². The van der Waals surface area contributed by atoms with Gasteiger partial charge in [-0.05, 0) is 38.3 Å². The van der Waals surface area contributed by atoms with E-state index in [0.29, 0.717) is 18.4 Å². The van der Waals surface area contributed by atoms with Crippen molar-refractivity contribution < 1.29 is 43.6 Å². The van der Waals surface area contributed by atoms with Gasteiger partial charge in [-0.2, -0.15) is 0 Å². The first-order chi connectivity index (χ1) is 15.4. The van der Waals surface area contributed by atoms with Crippen molar-refractivity contribution in [1.29, 1.82) is 0 Å². The zero-order chi connectivity index (χ0) is 24.7. The highest BCUT2D eigenvalue weighted by molar-refractivity contribution is 5.99. The molecule has 2 N–H and O–H groups in total. The highest BCUT2D eigenvalue weighted by Gasteiger charge is 2.65. The summed E-state index contributed by atoms with van der Waals surface area (Å²) >= 11 is 0. The zero-order valence-electron chi connectivity index (χ0n) is 19.6. The molecule has 1 saturated heterocycles. The number of rotatable bonds is 3. The molecular formula is C24H32O9. The number of fused-ring (bicyclic) bond motifs is 2. The summed E-state index contributed by atoms with van der Waals surface area (Å²) in [6.07, 6.45) is 1.12. The van der Waals surface area contributed by atoms with Crippen molar-refractivity contribution >= 4 is 23.7 Å². The third kappa shape index (κ3) is 4.12. The molecule has 0 amide bonds. The Morgan fingerprint density at radius 1 is 1.18 bits per heavy atom. The first kappa shape index (κ1) is 25.1. The molecule has 0 saturated carbocycles. The van der Waals surface area contributed by atoms with E-state index in [9.17, 15) is 29.4 Å². The molecule has 0 aromatic heterocycles. The first-order valence-corrected chi connectivity index (χ1v) is 11.2. The molecule has 0 bridgehead atoms. The molecule has 9 heteroatoms. The van der Waals surface area contributed by atoms with Crippen LogP contribution < -0.4 is 0 Å². The van der Waals surface area contributed by atoms with E-state index in [0.717, 1.165) is 5.57 Å². The SMILES string of the molecule is CC(=O)O[C@H]1CC=C(CO)[C@@H]2C(=O)[C@@]3(O)[C@H](/C=C(/C)CC[C@H](OC(C)=O)[C@]21C)OC(=O)[C@@H]3C. The second-order valence-corrected chi connectivity index (χ2v) is 9.49. The Bertz CT molecular complexity index is 919. The van der Waals surface area contributed by atoms with Gasteiger partial charge in [0.1, 0.15) is 12.2 Å². The molecule has 3 rings (SSSR count). The van der Waals surface area contributed by atoms with Gasteiger partial charge in [-0.1, -0.05) is 18.6 Å². The van der Waals surface area contributed by atoms with Gasteiger partial charge in [0.2, 0.25) is 0 Å². The molecule has 182 valence electrons. The summed E-state index contributed by atoms with van der Waals surface area (Å²) in [7, 11) is 0. The molecule has 0 aromatic rings. The monoisotopic (exact) mass is 464 g/mol. The number of allylic oxidation sites excluding steroid dienone is 1. The van der Waals surface area contributed by atoms with Crippen LogP contribution in [0.3, 0.4) is 0 Å². The van der Waals surface area contributed by atoms with Crippen molar-refractivity contribution in [1.82, 2.24) is 0 Å². The Hall–Kier alpha value is -2.52. The summed E-state index contributed by atoms with van der Waals surface area (Å²) in [5.74, 6) is -4.96. The average molecular weight is 465 g/mol. The third-order valence-electron chi connectivity index (χ3n) is 7.36. The standard InChI is InChI=1S/C24H32O9/c1-12-6-8-17(31-14(3)26)23(5)18(32-15(4)27)9-7-16(11-25)20(23)21(28)24(30)13(2)22(29)33-19(24)10-12/h7,10,13,17-20,25,30H,6,8-9,11H2,1-5H3/b12-10-/t13-,17-,18-,19-,20+,23-,24-/m0/s1. The van der Waals surface area contributed by atoms with Gasteiger partial charge in [0.25, 0.3) is 0 Å². The molecule has 0 unspecified atom stereocenters. The van der Waals surface area contributed by atoms with E-state index in [1.54, 1.807) is 26.0 Å². The molecule has 3 aliphatic rings. The Labute approximate surface area is 192 Å². The number of hydrogen-bond acceptors (Lipinski definition) is 9. The fourth-order valence-electron chi connectivity index (χ4n) is 5.48. The molecule has 1 heterocycles. The molecule has 1 aliphatic heterocycles. The largest absolute Gasteiger partial charge is 0.462 e. The molecule has 33 heavy (non-hydrogen) atoms. The number of carbonyl (C=O) groups excluding carboxylic acids is 4. The van der Waals surface area contributed by atoms with Gasteiger partial charge in [0, 0.05) is 20.3 Å². The predicted molar refractivity (Wildman–Crippen MR) is 114 cm³/mol. The Balaban J connectivity index is 2.29. The van der Waals surface area contributed by atoms with Crippen molar-refractivity contribution in [2.24, 2.45) is 17.3 Å². The van der Waals surface area contributed by atoms with Gasteiger partial charge in [-0.25, -0.2) is 0 Å². The summed E-state index contributed by atoms with van der Waals surface area (Å²) in [6, 6.07) is 0. The second-order valence-electron chi connectivity index (χ2n) is 9.49. The number of Topliss-reactive ketones (excluding diaryl/α,β-unsaturated/α-hetero) is 1.